The smallest absolute Gasteiger partial charge is 0.134 e. The summed E-state index contributed by atoms with van der Waals surface area (Å²) in [5, 5.41) is 3.72. The minimum Gasteiger partial charge on any atom is -0.772 e. The van der Waals surface area contributed by atoms with Crippen LogP contribution >= 0.6 is 0 Å². The molecule has 9 heteroatoms. The first-order valence-electron chi connectivity index (χ1n) is 11.3. The molecule has 3 heterocycles. The summed E-state index contributed by atoms with van der Waals surface area (Å²) >= 11 is -2.29. The molecule has 1 fully saturated rings. The number of pyridine rings is 2. The molecule has 0 radical (unpaired) electrons. The van der Waals surface area contributed by atoms with Crippen LogP contribution in [-0.4, -0.2) is 45.0 Å². The number of nitrogens with zero attached hydrogens (tertiary/aromatic N) is 3. The Bertz CT molecular complexity index is 1390. The van der Waals surface area contributed by atoms with Gasteiger partial charge in [-0.3, -0.25) is 9.19 Å². The van der Waals surface area contributed by atoms with Gasteiger partial charge in [0, 0.05) is 42.0 Å². The van der Waals surface area contributed by atoms with Crippen LogP contribution < -0.4 is 10.2 Å². The van der Waals surface area contributed by atoms with Crippen molar-refractivity contribution < 1.29 is 17.9 Å². The average molecular weight is 492 g/mol. The second-order valence-corrected chi connectivity index (χ2v) is 9.22. The zero-order chi connectivity index (χ0) is 24.4. The van der Waals surface area contributed by atoms with Crippen LogP contribution in [0.15, 0.2) is 60.8 Å². The quantitative estimate of drug-likeness (QED) is 0.391. The Kier molecular flexibility index (Phi) is 6.72. The molecule has 4 aromatic rings. The topological polar surface area (TPSA) is 90.4 Å². The summed E-state index contributed by atoms with van der Waals surface area (Å²) in [5.41, 5.74) is 5.17. The Morgan fingerprint density at radius 3 is 2.71 bits per heavy atom. The third-order valence-corrected chi connectivity index (χ3v) is 6.66. The maximum atomic E-state index is 15.1. The molecule has 0 saturated carbocycles. The Morgan fingerprint density at radius 2 is 1.97 bits per heavy atom. The van der Waals surface area contributed by atoms with Gasteiger partial charge in [0.25, 0.3) is 0 Å². The van der Waals surface area contributed by atoms with Gasteiger partial charge in [-0.05, 0) is 48.9 Å². The standard InChI is InChI=1S/C26H25FN4O3S/c1-17-25(22-6-2-3-10-28-22)29-21-7-4-5-20(27)24(21)26(17)30-23-15-19(31-11-13-34-14-12-31)9-8-18(23)16-35(32)33/h2-10,15H,11-14,16H2,1H3,(H,29,30)(H,32,33)/p-1. The number of fused-ring (bicyclic) bond motifs is 1. The Hall–Kier alpha value is -3.40. The molecule has 5 rings (SSSR count). The fourth-order valence-electron chi connectivity index (χ4n) is 4.36. The molecule has 1 unspecified atom stereocenters. The van der Waals surface area contributed by atoms with E-state index < -0.39 is 16.9 Å². The number of aromatic nitrogens is 2. The van der Waals surface area contributed by atoms with Gasteiger partial charge in [-0.1, -0.05) is 29.3 Å². The van der Waals surface area contributed by atoms with Crippen molar-refractivity contribution in [3.05, 3.63) is 77.7 Å². The van der Waals surface area contributed by atoms with E-state index >= 15 is 4.39 Å². The molecule has 1 atom stereocenters. The molecule has 180 valence electrons. The Morgan fingerprint density at radius 1 is 1.14 bits per heavy atom. The molecule has 1 aliphatic heterocycles. The third kappa shape index (κ3) is 4.88. The number of halogens is 1. The number of hydrogen-bond donors (Lipinski definition) is 1. The number of nitrogens with one attached hydrogen (secondary N) is 1. The molecule has 35 heavy (non-hydrogen) atoms. The predicted molar refractivity (Wildman–Crippen MR) is 135 cm³/mol. The van der Waals surface area contributed by atoms with E-state index in [1.54, 1.807) is 24.4 Å². The molecule has 1 aliphatic rings. The van der Waals surface area contributed by atoms with E-state index in [4.69, 9.17) is 9.72 Å². The van der Waals surface area contributed by atoms with Crippen molar-refractivity contribution in [1.29, 1.82) is 0 Å². The van der Waals surface area contributed by atoms with E-state index in [1.807, 2.05) is 37.3 Å². The van der Waals surface area contributed by atoms with Gasteiger partial charge in [0.15, 0.2) is 0 Å². The van der Waals surface area contributed by atoms with Crippen molar-refractivity contribution in [3.63, 3.8) is 0 Å². The van der Waals surface area contributed by atoms with E-state index in [0.717, 1.165) is 18.8 Å². The first-order valence-corrected chi connectivity index (χ1v) is 12.5. The fourth-order valence-corrected chi connectivity index (χ4v) is 4.86. The predicted octanol–water partition coefficient (Wildman–Crippen LogP) is 4.70. The Labute approximate surface area is 205 Å². The summed E-state index contributed by atoms with van der Waals surface area (Å²) in [4.78, 5) is 11.3. The normalized spacial score (nSPS) is 14.8. The van der Waals surface area contributed by atoms with Gasteiger partial charge in [-0.2, -0.15) is 0 Å². The highest BCUT2D eigenvalue weighted by Crippen LogP contribution is 2.37. The largest absolute Gasteiger partial charge is 0.772 e. The summed E-state index contributed by atoms with van der Waals surface area (Å²) in [7, 11) is 0. The molecule has 1 saturated heterocycles. The van der Waals surface area contributed by atoms with Crippen molar-refractivity contribution >= 4 is 39.0 Å². The lowest BCUT2D eigenvalue weighted by Gasteiger charge is -2.30. The second-order valence-electron chi connectivity index (χ2n) is 8.32. The molecular weight excluding hydrogens is 467 g/mol. The molecule has 1 N–H and O–H groups in total. The van der Waals surface area contributed by atoms with Gasteiger partial charge in [0.05, 0.1) is 41.2 Å². The summed E-state index contributed by atoms with van der Waals surface area (Å²) in [6.07, 6.45) is 1.69. The van der Waals surface area contributed by atoms with Gasteiger partial charge in [0.1, 0.15) is 5.82 Å². The molecule has 0 aliphatic carbocycles. The van der Waals surface area contributed by atoms with Crippen molar-refractivity contribution in [1.82, 2.24) is 9.97 Å². The number of ether oxygens (including phenoxy) is 1. The van der Waals surface area contributed by atoms with E-state index in [9.17, 15) is 8.76 Å². The summed E-state index contributed by atoms with van der Waals surface area (Å²) < 4.78 is 43.8. The van der Waals surface area contributed by atoms with Crippen LogP contribution in [-0.2, 0) is 21.6 Å². The fraction of sp³-hybridized carbons (Fsp3) is 0.231. The summed E-state index contributed by atoms with van der Waals surface area (Å²) in [6.45, 7) is 4.59. The molecule has 0 bridgehead atoms. The number of anilines is 3. The second kappa shape index (κ2) is 10.1. The van der Waals surface area contributed by atoms with Gasteiger partial charge in [0.2, 0.25) is 0 Å². The highest BCUT2D eigenvalue weighted by atomic mass is 32.2. The van der Waals surface area contributed by atoms with Crippen molar-refractivity contribution in [3.8, 4) is 11.4 Å². The number of morpholine rings is 1. The lowest BCUT2D eigenvalue weighted by atomic mass is 10.0. The van der Waals surface area contributed by atoms with Gasteiger partial charge in [-0.15, -0.1) is 0 Å². The molecule has 0 spiro atoms. The maximum Gasteiger partial charge on any atom is 0.134 e. The summed E-state index contributed by atoms with van der Waals surface area (Å²) in [6, 6.07) is 16.0. The molecule has 2 aromatic heterocycles. The van der Waals surface area contributed by atoms with E-state index in [-0.39, 0.29) is 5.75 Å². The van der Waals surface area contributed by atoms with E-state index in [1.165, 1.54) is 6.07 Å². The zero-order valence-corrected chi connectivity index (χ0v) is 20.0. The number of hydrogen-bond acceptors (Lipinski definition) is 7. The van der Waals surface area contributed by atoms with E-state index in [2.05, 4.69) is 15.2 Å². The number of benzene rings is 2. The van der Waals surface area contributed by atoms with Crippen LogP contribution in [0.5, 0.6) is 0 Å². The average Bonchev–Trinajstić information content (AvgIpc) is 2.87. The van der Waals surface area contributed by atoms with Crippen LogP contribution in [0.1, 0.15) is 11.1 Å². The van der Waals surface area contributed by atoms with Crippen LogP contribution in [0.3, 0.4) is 0 Å². The lowest BCUT2D eigenvalue weighted by Crippen LogP contribution is -2.36. The molecular formula is C26H24FN4O3S-. The lowest BCUT2D eigenvalue weighted by molar-refractivity contribution is 0.122. The van der Waals surface area contributed by atoms with Crippen LogP contribution in [0.25, 0.3) is 22.3 Å². The zero-order valence-electron chi connectivity index (χ0n) is 19.2. The maximum absolute atomic E-state index is 15.1. The Balaban J connectivity index is 1.68. The van der Waals surface area contributed by atoms with Crippen molar-refractivity contribution in [2.24, 2.45) is 0 Å². The van der Waals surface area contributed by atoms with Crippen LogP contribution in [0, 0.1) is 12.7 Å². The monoisotopic (exact) mass is 491 g/mol. The van der Waals surface area contributed by atoms with Crippen molar-refractivity contribution in [2.45, 2.75) is 12.7 Å². The molecule has 0 amide bonds. The highest BCUT2D eigenvalue weighted by Gasteiger charge is 2.19. The SMILES string of the molecule is Cc1c(-c2ccccn2)nc2cccc(F)c2c1Nc1cc(N2CCOCC2)ccc1CS(=O)[O-]. The van der Waals surface area contributed by atoms with Gasteiger partial charge >= 0.3 is 0 Å². The molecule has 2 aromatic carbocycles. The first-order chi connectivity index (χ1) is 17.0. The van der Waals surface area contributed by atoms with Crippen LogP contribution in [0.4, 0.5) is 21.5 Å². The van der Waals surface area contributed by atoms with Gasteiger partial charge < -0.3 is 19.5 Å². The number of rotatable bonds is 6. The minimum atomic E-state index is -2.29. The van der Waals surface area contributed by atoms with E-state index in [0.29, 0.717) is 58.0 Å². The van der Waals surface area contributed by atoms with Crippen molar-refractivity contribution in [2.75, 3.05) is 36.5 Å². The highest BCUT2D eigenvalue weighted by molar-refractivity contribution is 7.78. The summed E-state index contributed by atoms with van der Waals surface area (Å²) in [5.74, 6) is -0.574. The third-order valence-electron chi connectivity index (χ3n) is 6.11. The van der Waals surface area contributed by atoms with Crippen LogP contribution in [0.2, 0.25) is 0 Å². The van der Waals surface area contributed by atoms with Gasteiger partial charge in [-0.25, -0.2) is 9.37 Å². The first kappa shape index (κ1) is 23.3. The minimum absolute atomic E-state index is 0.163. The molecule has 7 nitrogen and oxygen atoms in total.